The van der Waals surface area contributed by atoms with E-state index in [0.29, 0.717) is 11.1 Å². The molecule has 0 aliphatic carbocycles. The summed E-state index contributed by atoms with van der Waals surface area (Å²) in [6.45, 7) is 0. The summed E-state index contributed by atoms with van der Waals surface area (Å²) in [7, 11) is -3.35. The van der Waals surface area contributed by atoms with Gasteiger partial charge in [0.05, 0.1) is 22.1 Å². The van der Waals surface area contributed by atoms with Crippen LogP contribution in [0.25, 0.3) is 16.8 Å². The van der Waals surface area contributed by atoms with Gasteiger partial charge in [-0.05, 0) is 23.8 Å². The zero-order valence-electron chi connectivity index (χ0n) is 13.0. The van der Waals surface area contributed by atoms with E-state index in [4.69, 9.17) is 0 Å². The number of aromatic nitrogens is 2. The highest BCUT2D eigenvalue weighted by Crippen LogP contribution is 2.25. The second kappa shape index (κ2) is 6.10. The lowest BCUT2D eigenvalue weighted by Gasteiger charge is -2.03. The Bertz CT molecular complexity index is 1080. The average Bonchev–Trinajstić information content (AvgIpc) is 3.03. The van der Waals surface area contributed by atoms with Crippen LogP contribution >= 0.6 is 0 Å². The number of non-ortho nitro benzene ring substituents is 1. The van der Waals surface area contributed by atoms with Crippen LogP contribution in [0, 0.1) is 15.9 Å². The topological polar surface area (TPSA) is 95.1 Å². The van der Waals surface area contributed by atoms with Crippen molar-refractivity contribution in [3.8, 4) is 16.8 Å². The van der Waals surface area contributed by atoms with E-state index in [9.17, 15) is 22.9 Å². The Morgan fingerprint density at radius 2 is 1.92 bits per heavy atom. The minimum Gasteiger partial charge on any atom is -0.258 e. The molecule has 9 heteroatoms. The molecule has 0 fully saturated rings. The highest BCUT2D eigenvalue weighted by molar-refractivity contribution is 7.90. The normalized spacial score (nSPS) is 11.4. The van der Waals surface area contributed by atoms with Crippen LogP contribution in [-0.4, -0.2) is 29.4 Å². The fraction of sp³-hybridized carbons (Fsp3) is 0.0625. The molecule has 0 atom stereocenters. The lowest BCUT2D eigenvalue weighted by atomic mass is 10.1. The maximum Gasteiger partial charge on any atom is 0.272 e. The monoisotopic (exact) mass is 361 g/mol. The second-order valence-corrected chi connectivity index (χ2v) is 7.38. The van der Waals surface area contributed by atoms with Crippen LogP contribution < -0.4 is 0 Å². The van der Waals surface area contributed by atoms with Crippen molar-refractivity contribution in [1.82, 2.24) is 9.78 Å². The Balaban J connectivity index is 2.00. The molecule has 7 nitrogen and oxygen atoms in total. The summed E-state index contributed by atoms with van der Waals surface area (Å²) in [5.74, 6) is -0.784. The zero-order chi connectivity index (χ0) is 18.2. The molecule has 0 saturated carbocycles. The van der Waals surface area contributed by atoms with E-state index in [1.165, 1.54) is 41.3 Å². The minimum absolute atomic E-state index is 0.0520. The number of hydrogen-bond acceptors (Lipinski definition) is 5. The van der Waals surface area contributed by atoms with E-state index in [1.807, 2.05) is 0 Å². The van der Waals surface area contributed by atoms with Gasteiger partial charge in [-0.3, -0.25) is 10.1 Å². The molecular weight excluding hydrogens is 349 g/mol. The summed E-state index contributed by atoms with van der Waals surface area (Å²) in [6.07, 6.45) is 4.09. The first-order valence-corrected chi connectivity index (χ1v) is 8.94. The number of nitro groups is 1. The van der Waals surface area contributed by atoms with Crippen LogP contribution in [0.15, 0.2) is 59.8 Å². The Hall–Kier alpha value is -3.07. The summed E-state index contributed by atoms with van der Waals surface area (Å²) >= 11 is 0. The maximum atomic E-state index is 14.1. The molecular formula is C16H12FN3O4S. The van der Waals surface area contributed by atoms with Crippen LogP contribution in [0.2, 0.25) is 0 Å². The quantitative estimate of drug-likeness (QED) is 0.526. The molecule has 2 aromatic carbocycles. The van der Waals surface area contributed by atoms with Crippen molar-refractivity contribution in [3.63, 3.8) is 0 Å². The van der Waals surface area contributed by atoms with Crippen LogP contribution in [0.3, 0.4) is 0 Å². The number of nitrogens with zero attached hydrogens (tertiary/aromatic N) is 3. The minimum atomic E-state index is -3.35. The molecule has 3 rings (SSSR count). The third-order valence-electron chi connectivity index (χ3n) is 3.57. The molecule has 3 aromatic rings. The molecule has 0 amide bonds. The standard InChI is InChI=1S/C16H12FN3O4S/c1-25(23,24)14-4-2-3-11(7-14)12-9-18-19(10-12)16-6-5-13(20(21)22)8-15(16)17/h2-10H,1H3. The number of halogens is 1. The lowest BCUT2D eigenvalue weighted by Crippen LogP contribution is -1.99. The smallest absolute Gasteiger partial charge is 0.258 e. The van der Waals surface area contributed by atoms with E-state index in [-0.39, 0.29) is 16.3 Å². The molecule has 0 unspecified atom stereocenters. The van der Waals surface area contributed by atoms with Gasteiger partial charge in [-0.2, -0.15) is 5.10 Å². The van der Waals surface area contributed by atoms with E-state index >= 15 is 0 Å². The van der Waals surface area contributed by atoms with Gasteiger partial charge in [0.2, 0.25) is 0 Å². The molecule has 0 saturated heterocycles. The van der Waals surface area contributed by atoms with Gasteiger partial charge in [0, 0.05) is 24.1 Å². The predicted octanol–water partition coefficient (Wildman–Crippen LogP) is 2.99. The number of benzene rings is 2. The van der Waals surface area contributed by atoms with Crippen molar-refractivity contribution in [2.45, 2.75) is 4.90 Å². The molecule has 1 heterocycles. The number of hydrogen-bond donors (Lipinski definition) is 0. The predicted molar refractivity (Wildman–Crippen MR) is 88.7 cm³/mol. The molecule has 0 spiro atoms. The highest BCUT2D eigenvalue weighted by Gasteiger charge is 2.14. The lowest BCUT2D eigenvalue weighted by molar-refractivity contribution is -0.385. The van der Waals surface area contributed by atoms with E-state index < -0.39 is 20.6 Å². The van der Waals surface area contributed by atoms with Gasteiger partial charge in [0.25, 0.3) is 5.69 Å². The van der Waals surface area contributed by atoms with Crippen molar-refractivity contribution >= 4 is 15.5 Å². The van der Waals surface area contributed by atoms with Gasteiger partial charge in [0.1, 0.15) is 5.69 Å². The molecule has 0 bridgehead atoms. The molecule has 0 aliphatic heterocycles. The second-order valence-electron chi connectivity index (χ2n) is 5.37. The Morgan fingerprint density at radius 1 is 1.16 bits per heavy atom. The van der Waals surface area contributed by atoms with Crippen molar-refractivity contribution in [3.05, 3.63) is 70.8 Å². The molecule has 25 heavy (non-hydrogen) atoms. The summed E-state index contributed by atoms with van der Waals surface area (Å²) in [4.78, 5) is 10.2. The number of nitro benzene ring substituents is 1. The Morgan fingerprint density at radius 3 is 2.56 bits per heavy atom. The summed E-state index contributed by atoms with van der Waals surface area (Å²) in [5.41, 5.74) is 0.894. The maximum absolute atomic E-state index is 14.1. The number of sulfone groups is 1. The fourth-order valence-corrected chi connectivity index (χ4v) is 2.97. The third-order valence-corrected chi connectivity index (χ3v) is 4.68. The molecule has 0 radical (unpaired) electrons. The van der Waals surface area contributed by atoms with Gasteiger partial charge in [-0.25, -0.2) is 17.5 Å². The SMILES string of the molecule is CS(=O)(=O)c1cccc(-c2cnn(-c3ccc([N+](=O)[O-])cc3F)c2)c1. The van der Waals surface area contributed by atoms with E-state index in [0.717, 1.165) is 12.3 Å². The average molecular weight is 361 g/mol. The fourth-order valence-electron chi connectivity index (χ4n) is 2.31. The number of rotatable bonds is 4. The van der Waals surface area contributed by atoms with Crippen LogP contribution in [0.4, 0.5) is 10.1 Å². The van der Waals surface area contributed by atoms with Gasteiger partial charge in [0.15, 0.2) is 15.7 Å². The van der Waals surface area contributed by atoms with E-state index in [1.54, 1.807) is 12.1 Å². The van der Waals surface area contributed by atoms with Crippen LogP contribution in [-0.2, 0) is 9.84 Å². The summed E-state index contributed by atoms with van der Waals surface area (Å²) < 4.78 is 38.6. The van der Waals surface area contributed by atoms with Crippen LogP contribution in [0.5, 0.6) is 0 Å². The summed E-state index contributed by atoms with van der Waals surface area (Å²) in [6, 6.07) is 9.57. The largest absolute Gasteiger partial charge is 0.272 e. The summed E-state index contributed by atoms with van der Waals surface area (Å²) in [5, 5.41) is 14.7. The third kappa shape index (κ3) is 3.41. The van der Waals surface area contributed by atoms with Gasteiger partial charge in [-0.1, -0.05) is 12.1 Å². The van der Waals surface area contributed by atoms with Gasteiger partial charge >= 0.3 is 0 Å². The first-order chi connectivity index (χ1) is 11.8. The van der Waals surface area contributed by atoms with Crippen molar-refractivity contribution in [1.29, 1.82) is 0 Å². The van der Waals surface area contributed by atoms with E-state index in [2.05, 4.69) is 5.10 Å². The molecule has 128 valence electrons. The molecule has 1 aromatic heterocycles. The van der Waals surface area contributed by atoms with Crippen molar-refractivity contribution < 1.29 is 17.7 Å². The molecule has 0 N–H and O–H groups in total. The first-order valence-electron chi connectivity index (χ1n) is 7.05. The zero-order valence-corrected chi connectivity index (χ0v) is 13.8. The molecule has 0 aliphatic rings. The highest BCUT2D eigenvalue weighted by atomic mass is 32.2. The Labute approximate surface area is 142 Å². The van der Waals surface area contributed by atoms with Crippen molar-refractivity contribution in [2.75, 3.05) is 6.26 Å². The van der Waals surface area contributed by atoms with Gasteiger partial charge in [-0.15, -0.1) is 0 Å². The van der Waals surface area contributed by atoms with Crippen molar-refractivity contribution in [2.24, 2.45) is 0 Å². The first kappa shape index (κ1) is 16.8. The van der Waals surface area contributed by atoms with Gasteiger partial charge < -0.3 is 0 Å². The Kier molecular flexibility index (Phi) is 4.09. The van der Waals surface area contributed by atoms with Crippen LogP contribution in [0.1, 0.15) is 0 Å².